The summed E-state index contributed by atoms with van der Waals surface area (Å²) in [6.07, 6.45) is 0. The van der Waals surface area contributed by atoms with E-state index >= 15 is 0 Å². The van der Waals surface area contributed by atoms with E-state index in [1.54, 1.807) is 26.0 Å². The summed E-state index contributed by atoms with van der Waals surface area (Å²) in [7, 11) is -3.82. The molecule has 0 aliphatic rings. The van der Waals surface area contributed by atoms with Crippen molar-refractivity contribution < 1.29 is 18.3 Å². The molecule has 0 aromatic heterocycles. The zero-order valence-corrected chi connectivity index (χ0v) is 12.3. The molecule has 0 fully saturated rings. The quantitative estimate of drug-likeness (QED) is 0.859. The van der Waals surface area contributed by atoms with Crippen molar-refractivity contribution in [3.8, 4) is 0 Å². The van der Waals surface area contributed by atoms with Crippen LogP contribution in [0.15, 0.2) is 33.6 Å². The van der Waals surface area contributed by atoms with Crippen LogP contribution in [0.25, 0.3) is 0 Å². The van der Waals surface area contributed by atoms with Crippen LogP contribution in [0.2, 0.25) is 0 Å². The molecule has 1 aromatic rings. The second-order valence-corrected chi connectivity index (χ2v) is 6.76. The lowest BCUT2D eigenvalue weighted by molar-refractivity contribution is -0.140. The third-order valence-corrected chi connectivity index (χ3v) is 4.32. The lowest BCUT2D eigenvalue weighted by Crippen LogP contribution is -2.44. The van der Waals surface area contributed by atoms with Gasteiger partial charge in [-0.3, -0.25) is 4.79 Å². The van der Waals surface area contributed by atoms with E-state index in [4.69, 9.17) is 5.11 Å². The maximum atomic E-state index is 12.0. The monoisotopic (exact) mass is 335 g/mol. The number of carboxylic acids is 1. The van der Waals surface area contributed by atoms with Gasteiger partial charge in [0.05, 0.1) is 4.90 Å². The van der Waals surface area contributed by atoms with Crippen LogP contribution in [-0.2, 0) is 14.8 Å². The average Bonchev–Trinajstić information content (AvgIpc) is 2.26. The van der Waals surface area contributed by atoms with Crippen molar-refractivity contribution in [1.29, 1.82) is 0 Å². The highest BCUT2D eigenvalue weighted by Gasteiger charge is 2.27. The van der Waals surface area contributed by atoms with Gasteiger partial charge in [-0.1, -0.05) is 29.8 Å². The zero-order chi connectivity index (χ0) is 13.9. The molecule has 1 aromatic carbocycles. The Hall–Kier alpha value is -0.920. The summed E-state index contributed by atoms with van der Waals surface area (Å²) in [6, 6.07) is 4.84. The molecule has 0 radical (unpaired) electrons. The van der Waals surface area contributed by atoms with Gasteiger partial charge in [0.25, 0.3) is 0 Å². The second kappa shape index (κ2) is 5.81. The molecule has 0 unspecified atom stereocenters. The predicted octanol–water partition coefficient (Wildman–Crippen LogP) is 1.84. The third-order valence-electron chi connectivity index (χ3n) is 2.34. The molecular weight excluding hydrogens is 322 g/mol. The van der Waals surface area contributed by atoms with Crippen molar-refractivity contribution in [2.75, 3.05) is 0 Å². The van der Waals surface area contributed by atoms with Crippen LogP contribution in [0.1, 0.15) is 13.8 Å². The SMILES string of the molecule is CC(C)[C@@H](NS(=O)(=O)c1ccc(Br)cc1)C(=O)O. The molecule has 1 atom stereocenters. The summed E-state index contributed by atoms with van der Waals surface area (Å²) >= 11 is 3.20. The van der Waals surface area contributed by atoms with E-state index in [-0.39, 0.29) is 10.8 Å². The molecule has 0 aliphatic carbocycles. The molecule has 0 amide bonds. The van der Waals surface area contributed by atoms with Gasteiger partial charge in [0.1, 0.15) is 6.04 Å². The smallest absolute Gasteiger partial charge is 0.322 e. The lowest BCUT2D eigenvalue weighted by Gasteiger charge is -2.17. The molecule has 0 saturated carbocycles. The van der Waals surface area contributed by atoms with E-state index in [0.717, 1.165) is 4.47 Å². The summed E-state index contributed by atoms with van der Waals surface area (Å²) in [6.45, 7) is 3.28. The molecule has 0 aliphatic heterocycles. The number of hydrogen-bond acceptors (Lipinski definition) is 3. The van der Waals surface area contributed by atoms with E-state index in [9.17, 15) is 13.2 Å². The largest absolute Gasteiger partial charge is 0.480 e. The molecule has 7 heteroatoms. The van der Waals surface area contributed by atoms with Crippen LogP contribution in [0.3, 0.4) is 0 Å². The van der Waals surface area contributed by atoms with Crippen molar-refractivity contribution >= 4 is 31.9 Å². The Morgan fingerprint density at radius 1 is 1.28 bits per heavy atom. The van der Waals surface area contributed by atoms with Crippen molar-refractivity contribution in [2.24, 2.45) is 5.92 Å². The summed E-state index contributed by atoms with van der Waals surface area (Å²) in [5.74, 6) is -1.53. The van der Waals surface area contributed by atoms with Crippen molar-refractivity contribution in [3.05, 3.63) is 28.7 Å². The Morgan fingerprint density at radius 2 is 1.78 bits per heavy atom. The summed E-state index contributed by atoms with van der Waals surface area (Å²) in [4.78, 5) is 11.0. The fourth-order valence-electron chi connectivity index (χ4n) is 1.32. The Kier molecular flexibility index (Phi) is 4.89. The minimum Gasteiger partial charge on any atom is -0.480 e. The van der Waals surface area contributed by atoms with Gasteiger partial charge in [-0.25, -0.2) is 8.42 Å². The summed E-state index contributed by atoms with van der Waals surface area (Å²) < 4.78 is 26.9. The number of sulfonamides is 1. The van der Waals surface area contributed by atoms with Gasteiger partial charge >= 0.3 is 5.97 Å². The number of hydrogen-bond donors (Lipinski definition) is 2. The van der Waals surface area contributed by atoms with Crippen LogP contribution >= 0.6 is 15.9 Å². The van der Waals surface area contributed by atoms with Gasteiger partial charge in [-0.2, -0.15) is 4.72 Å². The number of rotatable bonds is 5. The standard InChI is InChI=1S/C11H14BrNO4S/c1-7(2)10(11(14)15)13-18(16,17)9-5-3-8(12)4-6-9/h3-7,10,13H,1-2H3,(H,14,15)/t10-/m1/s1. The minimum absolute atomic E-state index is 0.0394. The van der Waals surface area contributed by atoms with Gasteiger partial charge in [-0.15, -0.1) is 0 Å². The first-order chi connectivity index (χ1) is 8.24. The van der Waals surface area contributed by atoms with Crippen LogP contribution < -0.4 is 4.72 Å². The highest BCUT2D eigenvalue weighted by molar-refractivity contribution is 9.10. The Labute approximate surface area is 114 Å². The highest BCUT2D eigenvalue weighted by atomic mass is 79.9. The Balaban J connectivity index is 3.01. The van der Waals surface area contributed by atoms with Gasteiger partial charge in [0.2, 0.25) is 10.0 Å². The number of aliphatic carboxylic acids is 1. The molecular formula is C11H14BrNO4S. The normalized spacial score (nSPS) is 13.6. The fourth-order valence-corrected chi connectivity index (χ4v) is 2.92. The predicted molar refractivity (Wildman–Crippen MR) is 70.7 cm³/mol. The van der Waals surface area contributed by atoms with Gasteiger partial charge in [-0.05, 0) is 30.2 Å². The van der Waals surface area contributed by atoms with Crippen LogP contribution in [0.4, 0.5) is 0 Å². The van der Waals surface area contributed by atoms with E-state index < -0.39 is 22.0 Å². The van der Waals surface area contributed by atoms with E-state index in [2.05, 4.69) is 20.7 Å². The first-order valence-corrected chi connectivity index (χ1v) is 7.52. The third kappa shape index (κ3) is 3.79. The Bertz CT molecular complexity index is 524. The van der Waals surface area contributed by atoms with Crippen molar-refractivity contribution in [2.45, 2.75) is 24.8 Å². The summed E-state index contributed by atoms with van der Waals surface area (Å²) in [5.41, 5.74) is 0. The molecule has 0 heterocycles. The molecule has 2 N–H and O–H groups in total. The van der Waals surface area contributed by atoms with Gasteiger partial charge in [0.15, 0.2) is 0 Å². The van der Waals surface area contributed by atoms with Crippen LogP contribution in [0.5, 0.6) is 0 Å². The van der Waals surface area contributed by atoms with Crippen molar-refractivity contribution in [1.82, 2.24) is 4.72 Å². The van der Waals surface area contributed by atoms with Crippen molar-refractivity contribution in [3.63, 3.8) is 0 Å². The summed E-state index contributed by atoms with van der Waals surface area (Å²) in [5, 5.41) is 8.96. The topological polar surface area (TPSA) is 83.5 Å². The van der Waals surface area contributed by atoms with Gasteiger partial charge in [0, 0.05) is 4.47 Å². The Morgan fingerprint density at radius 3 is 2.17 bits per heavy atom. The van der Waals surface area contributed by atoms with E-state index in [0.29, 0.717) is 0 Å². The van der Waals surface area contributed by atoms with Gasteiger partial charge < -0.3 is 5.11 Å². The van der Waals surface area contributed by atoms with E-state index in [1.165, 1.54) is 12.1 Å². The molecule has 100 valence electrons. The molecule has 5 nitrogen and oxygen atoms in total. The first-order valence-electron chi connectivity index (χ1n) is 5.25. The number of halogens is 1. The zero-order valence-electron chi connectivity index (χ0n) is 9.92. The van der Waals surface area contributed by atoms with Crippen LogP contribution in [0, 0.1) is 5.92 Å². The number of carbonyl (C=O) groups is 1. The van der Waals surface area contributed by atoms with E-state index in [1.807, 2.05) is 0 Å². The molecule has 0 spiro atoms. The molecule has 1 rings (SSSR count). The maximum absolute atomic E-state index is 12.0. The first kappa shape index (κ1) is 15.1. The highest BCUT2D eigenvalue weighted by Crippen LogP contribution is 2.16. The average molecular weight is 336 g/mol. The number of carboxylic acid groups (broad SMARTS) is 1. The van der Waals surface area contributed by atoms with Crippen LogP contribution in [-0.4, -0.2) is 25.5 Å². The minimum atomic E-state index is -3.82. The molecule has 18 heavy (non-hydrogen) atoms. The number of benzene rings is 1. The molecule has 0 saturated heterocycles. The maximum Gasteiger partial charge on any atom is 0.322 e. The lowest BCUT2D eigenvalue weighted by atomic mass is 10.1. The molecule has 0 bridgehead atoms. The number of nitrogens with one attached hydrogen (secondary N) is 1. The fraction of sp³-hybridized carbons (Fsp3) is 0.364. The second-order valence-electron chi connectivity index (χ2n) is 4.14.